The summed E-state index contributed by atoms with van der Waals surface area (Å²) in [4.78, 5) is 28.3. The number of para-hydroxylation sites is 1. The van der Waals surface area contributed by atoms with Crippen LogP contribution in [0.15, 0.2) is 48.0 Å². The van der Waals surface area contributed by atoms with Crippen molar-refractivity contribution in [2.75, 3.05) is 13.7 Å². The highest BCUT2D eigenvalue weighted by molar-refractivity contribution is 6.46. The molecule has 180 valence electrons. The molecule has 34 heavy (non-hydrogen) atoms. The number of aliphatic hydroxyl groups excluding tert-OH is 1. The summed E-state index contributed by atoms with van der Waals surface area (Å²) in [5.41, 5.74) is 2.14. The van der Waals surface area contributed by atoms with Gasteiger partial charge in [-0.15, -0.1) is 0 Å². The predicted molar refractivity (Wildman–Crippen MR) is 131 cm³/mol. The summed E-state index contributed by atoms with van der Waals surface area (Å²) >= 11 is 0. The Bertz CT molecular complexity index is 1110. The van der Waals surface area contributed by atoms with Gasteiger partial charge in [0.2, 0.25) is 0 Å². The number of rotatable bonds is 7. The molecule has 1 N–H and O–H groups in total. The lowest BCUT2D eigenvalue weighted by Gasteiger charge is -2.31. The Labute approximate surface area is 201 Å². The maximum Gasteiger partial charge on any atom is 0.295 e. The number of ether oxygens (including phenoxy) is 2. The molecule has 1 saturated heterocycles. The van der Waals surface area contributed by atoms with Crippen LogP contribution < -0.4 is 9.47 Å². The van der Waals surface area contributed by atoms with Crippen molar-refractivity contribution in [1.82, 2.24) is 4.90 Å². The van der Waals surface area contributed by atoms with E-state index in [9.17, 15) is 14.7 Å². The van der Waals surface area contributed by atoms with E-state index in [1.54, 1.807) is 30.2 Å². The molecular formula is C28H33NO5. The summed E-state index contributed by atoms with van der Waals surface area (Å²) < 4.78 is 11.4. The molecule has 2 aliphatic rings. The number of amides is 1. The van der Waals surface area contributed by atoms with Gasteiger partial charge in [-0.3, -0.25) is 9.59 Å². The third-order valence-electron chi connectivity index (χ3n) is 6.65. The molecule has 6 heteroatoms. The molecule has 2 fully saturated rings. The van der Waals surface area contributed by atoms with E-state index in [1.807, 2.05) is 31.2 Å². The molecule has 1 aliphatic heterocycles. The van der Waals surface area contributed by atoms with Crippen LogP contribution in [-0.4, -0.2) is 41.5 Å². The van der Waals surface area contributed by atoms with Crippen LogP contribution in [0, 0.1) is 12.8 Å². The van der Waals surface area contributed by atoms with Crippen molar-refractivity contribution < 1.29 is 24.2 Å². The van der Waals surface area contributed by atoms with Crippen LogP contribution in [0.1, 0.15) is 62.3 Å². The number of ketones is 1. The molecule has 1 aliphatic carbocycles. The van der Waals surface area contributed by atoms with Gasteiger partial charge in [0.05, 0.1) is 25.3 Å². The van der Waals surface area contributed by atoms with E-state index in [1.165, 1.54) is 0 Å². The highest BCUT2D eigenvalue weighted by Gasteiger charge is 2.50. The molecule has 1 heterocycles. The summed E-state index contributed by atoms with van der Waals surface area (Å²) in [7, 11) is 1.57. The van der Waals surface area contributed by atoms with Gasteiger partial charge < -0.3 is 19.5 Å². The highest BCUT2D eigenvalue weighted by Crippen LogP contribution is 2.46. The first-order chi connectivity index (χ1) is 16.3. The normalized spacial score (nSPS) is 20.4. The SMILES string of the molecule is COc1ccccc1C1/C(=C(\O)c2ccc(OCC(C)C)c(C)c2)C(=O)C(=O)N1C1CCCC1. The van der Waals surface area contributed by atoms with Gasteiger partial charge in [0, 0.05) is 17.2 Å². The second-order valence-electron chi connectivity index (χ2n) is 9.57. The number of carbonyl (C=O) groups is 2. The molecule has 2 aromatic rings. The number of hydrogen-bond acceptors (Lipinski definition) is 5. The topological polar surface area (TPSA) is 76.1 Å². The fourth-order valence-corrected chi connectivity index (χ4v) is 4.98. The van der Waals surface area contributed by atoms with Crippen molar-refractivity contribution in [2.45, 2.75) is 58.5 Å². The number of Topliss-reactive ketones (excluding diaryl/α,β-unsaturated/α-hetero) is 1. The minimum atomic E-state index is -0.698. The van der Waals surface area contributed by atoms with E-state index in [4.69, 9.17) is 9.47 Å². The zero-order chi connectivity index (χ0) is 24.4. The van der Waals surface area contributed by atoms with Crippen molar-refractivity contribution in [1.29, 1.82) is 0 Å². The third-order valence-corrected chi connectivity index (χ3v) is 6.65. The lowest BCUT2D eigenvalue weighted by Crippen LogP contribution is -2.37. The maximum atomic E-state index is 13.3. The van der Waals surface area contributed by atoms with Crippen LogP contribution in [0.4, 0.5) is 0 Å². The number of methoxy groups -OCH3 is 1. The Hall–Kier alpha value is -3.28. The molecule has 0 radical (unpaired) electrons. The van der Waals surface area contributed by atoms with Gasteiger partial charge in [0.15, 0.2) is 0 Å². The van der Waals surface area contributed by atoms with Gasteiger partial charge in [-0.1, -0.05) is 44.9 Å². The van der Waals surface area contributed by atoms with E-state index in [2.05, 4.69) is 13.8 Å². The molecule has 1 unspecified atom stereocenters. The molecule has 0 bridgehead atoms. The van der Waals surface area contributed by atoms with Gasteiger partial charge in [-0.05, 0) is 55.5 Å². The lowest BCUT2D eigenvalue weighted by atomic mass is 9.93. The quantitative estimate of drug-likeness (QED) is 0.338. The minimum absolute atomic E-state index is 0.0368. The first kappa shape index (κ1) is 23.9. The van der Waals surface area contributed by atoms with Gasteiger partial charge in [-0.2, -0.15) is 0 Å². The number of benzene rings is 2. The Kier molecular flexibility index (Phi) is 6.96. The van der Waals surface area contributed by atoms with Crippen LogP contribution in [-0.2, 0) is 9.59 Å². The molecule has 0 spiro atoms. The lowest BCUT2D eigenvalue weighted by molar-refractivity contribution is -0.141. The van der Waals surface area contributed by atoms with Crippen molar-refractivity contribution in [3.8, 4) is 11.5 Å². The van der Waals surface area contributed by atoms with Gasteiger partial charge in [-0.25, -0.2) is 0 Å². The maximum absolute atomic E-state index is 13.3. The summed E-state index contributed by atoms with van der Waals surface area (Å²) in [6, 6.07) is 12.0. The fraction of sp³-hybridized carbons (Fsp3) is 0.429. The van der Waals surface area contributed by atoms with E-state index in [0.717, 1.165) is 37.0 Å². The Morgan fingerprint density at radius 2 is 1.79 bits per heavy atom. The summed E-state index contributed by atoms with van der Waals surface area (Å²) in [6.45, 7) is 6.65. The zero-order valence-corrected chi connectivity index (χ0v) is 20.3. The van der Waals surface area contributed by atoms with Crippen molar-refractivity contribution in [2.24, 2.45) is 5.92 Å². The standard InChI is InChI=1S/C28H33NO5/c1-17(2)16-34-22-14-13-19(15-18(22)3)26(30)24-25(21-11-7-8-12-23(21)33-4)29(28(32)27(24)31)20-9-5-6-10-20/h7-8,11-15,17,20,25,30H,5-6,9-10,16H2,1-4H3/b26-24+. The largest absolute Gasteiger partial charge is 0.507 e. The summed E-state index contributed by atoms with van der Waals surface area (Å²) in [5, 5.41) is 11.4. The van der Waals surface area contributed by atoms with Crippen LogP contribution in [0.5, 0.6) is 11.5 Å². The monoisotopic (exact) mass is 463 g/mol. The molecule has 1 saturated carbocycles. The second kappa shape index (κ2) is 9.92. The average molecular weight is 464 g/mol. The molecule has 6 nitrogen and oxygen atoms in total. The Morgan fingerprint density at radius 1 is 1.09 bits per heavy atom. The molecule has 4 rings (SSSR count). The number of hydrogen-bond donors (Lipinski definition) is 1. The smallest absolute Gasteiger partial charge is 0.295 e. The number of nitrogens with zero attached hydrogens (tertiary/aromatic N) is 1. The average Bonchev–Trinajstić information content (AvgIpc) is 3.44. The van der Waals surface area contributed by atoms with Crippen LogP contribution in [0.2, 0.25) is 0 Å². The second-order valence-corrected chi connectivity index (χ2v) is 9.57. The zero-order valence-electron chi connectivity index (χ0n) is 20.3. The third kappa shape index (κ3) is 4.41. The van der Waals surface area contributed by atoms with E-state index < -0.39 is 17.7 Å². The minimum Gasteiger partial charge on any atom is -0.507 e. The van der Waals surface area contributed by atoms with E-state index >= 15 is 0 Å². The first-order valence-electron chi connectivity index (χ1n) is 12.0. The summed E-state index contributed by atoms with van der Waals surface area (Å²) in [5.74, 6) is 0.319. The van der Waals surface area contributed by atoms with Crippen LogP contribution in [0.3, 0.4) is 0 Å². The molecule has 1 amide bonds. The van der Waals surface area contributed by atoms with Crippen molar-refractivity contribution in [3.63, 3.8) is 0 Å². The van der Waals surface area contributed by atoms with Crippen LogP contribution in [0.25, 0.3) is 5.76 Å². The molecule has 1 atom stereocenters. The molecular weight excluding hydrogens is 430 g/mol. The van der Waals surface area contributed by atoms with E-state index in [-0.39, 0.29) is 17.4 Å². The van der Waals surface area contributed by atoms with Gasteiger partial charge in [0.1, 0.15) is 17.3 Å². The fourth-order valence-electron chi connectivity index (χ4n) is 4.98. The number of likely N-dealkylation sites (tertiary alicyclic amines) is 1. The van der Waals surface area contributed by atoms with Gasteiger partial charge >= 0.3 is 0 Å². The molecule has 0 aromatic heterocycles. The van der Waals surface area contributed by atoms with Crippen molar-refractivity contribution in [3.05, 3.63) is 64.7 Å². The first-order valence-corrected chi connectivity index (χ1v) is 12.0. The number of carbonyl (C=O) groups excluding carboxylic acids is 2. The van der Waals surface area contributed by atoms with Crippen molar-refractivity contribution >= 4 is 17.4 Å². The Morgan fingerprint density at radius 3 is 2.44 bits per heavy atom. The number of aryl methyl sites for hydroxylation is 1. The predicted octanol–water partition coefficient (Wildman–Crippen LogP) is 5.40. The molecule has 2 aromatic carbocycles. The van der Waals surface area contributed by atoms with E-state index in [0.29, 0.717) is 29.4 Å². The van der Waals surface area contributed by atoms with Gasteiger partial charge in [0.25, 0.3) is 11.7 Å². The highest BCUT2D eigenvalue weighted by atomic mass is 16.5. The number of aliphatic hydroxyl groups is 1. The summed E-state index contributed by atoms with van der Waals surface area (Å²) in [6.07, 6.45) is 3.73. The van der Waals surface area contributed by atoms with Crippen LogP contribution >= 0.6 is 0 Å². The Balaban J connectivity index is 1.82.